The molecule has 4 heteroatoms. The molecule has 0 radical (unpaired) electrons. The van der Waals surface area contributed by atoms with Crippen LogP contribution in [0.1, 0.15) is 5.69 Å². The Morgan fingerprint density at radius 2 is 2.07 bits per heavy atom. The minimum atomic E-state index is 0.709. The molecule has 0 amide bonds. The molecule has 2 aromatic rings. The van der Waals surface area contributed by atoms with Gasteiger partial charge in [0.1, 0.15) is 0 Å². The van der Waals surface area contributed by atoms with Crippen LogP contribution in [0.25, 0.3) is 5.69 Å². The topological polar surface area (TPSA) is 43.8 Å². The number of benzene rings is 1. The second-order valence-corrected chi connectivity index (χ2v) is 3.92. The molecule has 0 saturated carbocycles. The first-order chi connectivity index (χ1) is 6.68. The second-order valence-electron chi connectivity index (χ2n) is 3.07. The Labute approximate surface area is 90.7 Å². The molecule has 0 aliphatic rings. The molecule has 0 spiro atoms. The average Bonchev–Trinajstić information content (AvgIpc) is 2.48. The van der Waals surface area contributed by atoms with Crippen LogP contribution < -0.4 is 5.73 Å². The summed E-state index contributed by atoms with van der Waals surface area (Å²) in [6.45, 7) is 1.89. The number of para-hydroxylation sites is 1. The van der Waals surface area contributed by atoms with E-state index in [2.05, 4.69) is 21.0 Å². The monoisotopic (exact) mass is 251 g/mol. The summed E-state index contributed by atoms with van der Waals surface area (Å²) in [6, 6.07) is 7.89. The molecule has 0 fully saturated rings. The van der Waals surface area contributed by atoms with Crippen LogP contribution in [-0.4, -0.2) is 9.78 Å². The molecule has 2 rings (SSSR count). The molecular weight excluding hydrogens is 242 g/mol. The van der Waals surface area contributed by atoms with Crippen molar-refractivity contribution in [2.45, 2.75) is 6.92 Å². The lowest BCUT2D eigenvalue weighted by Gasteiger charge is -2.02. The number of anilines is 1. The van der Waals surface area contributed by atoms with Crippen LogP contribution in [0.2, 0.25) is 0 Å². The number of hydrogen-bond donors (Lipinski definition) is 1. The maximum atomic E-state index is 5.73. The Bertz CT molecular complexity index is 443. The molecule has 0 aliphatic carbocycles. The average molecular weight is 252 g/mol. The smallest absolute Gasteiger partial charge is 0.0827 e. The number of rotatable bonds is 1. The van der Waals surface area contributed by atoms with Gasteiger partial charge in [-0.2, -0.15) is 5.10 Å². The molecule has 1 aromatic heterocycles. The van der Waals surface area contributed by atoms with Crippen molar-refractivity contribution in [3.05, 3.63) is 40.6 Å². The second kappa shape index (κ2) is 3.46. The van der Waals surface area contributed by atoms with Gasteiger partial charge < -0.3 is 5.73 Å². The molecular formula is C10H10BrN3. The largest absolute Gasteiger partial charge is 0.396 e. The van der Waals surface area contributed by atoms with Crippen LogP contribution in [0.4, 0.5) is 5.69 Å². The van der Waals surface area contributed by atoms with Crippen LogP contribution in [0.3, 0.4) is 0 Å². The fourth-order valence-electron chi connectivity index (χ4n) is 1.23. The van der Waals surface area contributed by atoms with Gasteiger partial charge in [-0.05, 0) is 35.0 Å². The molecule has 1 aromatic carbocycles. The van der Waals surface area contributed by atoms with Crippen LogP contribution in [0.5, 0.6) is 0 Å². The van der Waals surface area contributed by atoms with Crippen LogP contribution in [0.15, 0.2) is 34.9 Å². The lowest BCUT2D eigenvalue weighted by Crippen LogP contribution is -1.95. The van der Waals surface area contributed by atoms with Crippen LogP contribution in [0, 0.1) is 6.92 Å². The number of aryl methyl sites for hydroxylation is 1. The van der Waals surface area contributed by atoms with E-state index >= 15 is 0 Å². The van der Waals surface area contributed by atoms with Gasteiger partial charge >= 0.3 is 0 Å². The summed E-state index contributed by atoms with van der Waals surface area (Å²) in [5.41, 5.74) is 8.28. The minimum Gasteiger partial charge on any atom is -0.396 e. The molecule has 1 heterocycles. The standard InChI is InChI=1S/C10H10BrN3/c1-7-9(12)6-14(13-7)10-5-3-2-4-8(10)11/h2-6H,12H2,1H3. The van der Waals surface area contributed by atoms with Crippen molar-refractivity contribution in [2.75, 3.05) is 5.73 Å². The van der Waals surface area contributed by atoms with Gasteiger partial charge in [0.25, 0.3) is 0 Å². The molecule has 72 valence electrons. The van der Waals surface area contributed by atoms with Gasteiger partial charge in [0.15, 0.2) is 0 Å². The van der Waals surface area contributed by atoms with Crippen molar-refractivity contribution in [3.63, 3.8) is 0 Å². The Kier molecular flexibility index (Phi) is 2.29. The number of nitrogens with zero attached hydrogens (tertiary/aromatic N) is 2. The van der Waals surface area contributed by atoms with Crippen molar-refractivity contribution in [1.82, 2.24) is 9.78 Å². The molecule has 14 heavy (non-hydrogen) atoms. The predicted octanol–water partition coefficient (Wildman–Crippen LogP) is 2.53. The maximum absolute atomic E-state index is 5.73. The summed E-state index contributed by atoms with van der Waals surface area (Å²) in [6.07, 6.45) is 1.81. The highest BCUT2D eigenvalue weighted by Gasteiger charge is 2.05. The van der Waals surface area contributed by atoms with Gasteiger partial charge in [-0.25, -0.2) is 4.68 Å². The number of aromatic nitrogens is 2. The summed E-state index contributed by atoms with van der Waals surface area (Å²) in [5.74, 6) is 0. The van der Waals surface area contributed by atoms with E-state index in [1.807, 2.05) is 37.4 Å². The lowest BCUT2D eigenvalue weighted by atomic mass is 10.3. The van der Waals surface area contributed by atoms with E-state index in [1.165, 1.54) is 0 Å². The molecule has 0 atom stereocenters. The van der Waals surface area contributed by atoms with Crippen molar-refractivity contribution in [2.24, 2.45) is 0 Å². The number of halogens is 1. The van der Waals surface area contributed by atoms with E-state index in [4.69, 9.17) is 5.73 Å². The first kappa shape index (κ1) is 9.27. The zero-order valence-electron chi connectivity index (χ0n) is 7.74. The molecule has 0 unspecified atom stereocenters. The van der Waals surface area contributed by atoms with Gasteiger partial charge in [0.2, 0.25) is 0 Å². The zero-order valence-corrected chi connectivity index (χ0v) is 9.32. The Hall–Kier alpha value is -1.29. The van der Waals surface area contributed by atoms with Crippen LogP contribution in [-0.2, 0) is 0 Å². The highest BCUT2D eigenvalue weighted by Crippen LogP contribution is 2.21. The Balaban J connectivity index is 2.55. The fourth-order valence-corrected chi connectivity index (χ4v) is 1.70. The summed E-state index contributed by atoms with van der Waals surface area (Å²) >= 11 is 3.47. The Morgan fingerprint density at radius 3 is 2.64 bits per heavy atom. The van der Waals surface area contributed by atoms with Crippen molar-refractivity contribution >= 4 is 21.6 Å². The molecule has 3 nitrogen and oxygen atoms in total. The van der Waals surface area contributed by atoms with Crippen LogP contribution >= 0.6 is 15.9 Å². The van der Waals surface area contributed by atoms with Gasteiger partial charge in [-0.1, -0.05) is 12.1 Å². The molecule has 0 aliphatic heterocycles. The third-order valence-corrected chi connectivity index (χ3v) is 2.71. The lowest BCUT2D eigenvalue weighted by molar-refractivity contribution is 0.859. The normalized spacial score (nSPS) is 10.4. The fraction of sp³-hybridized carbons (Fsp3) is 0.100. The van der Waals surface area contributed by atoms with E-state index < -0.39 is 0 Å². The van der Waals surface area contributed by atoms with Gasteiger partial charge in [-0.3, -0.25) is 0 Å². The van der Waals surface area contributed by atoms with Gasteiger partial charge in [0, 0.05) is 4.47 Å². The zero-order chi connectivity index (χ0) is 10.1. The van der Waals surface area contributed by atoms with Crippen molar-refractivity contribution < 1.29 is 0 Å². The molecule has 0 saturated heterocycles. The molecule has 0 bridgehead atoms. The van der Waals surface area contributed by atoms with E-state index in [-0.39, 0.29) is 0 Å². The first-order valence-corrected chi connectivity index (χ1v) is 5.04. The van der Waals surface area contributed by atoms with Gasteiger partial charge in [-0.15, -0.1) is 0 Å². The highest BCUT2D eigenvalue weighted by molar-refractivity contribution is 9.10. The van der Waals surface area contributed by atoms with E-state index in [0.29, 0.717) is 5.69 Å². The summed E-state index contributed by atoms with van der Waals surface area (Å²) in [7, 11) is 0. The Morgan fingerprint density at radius 1 is 1.36 bits per heavy atom. The third-order valence-electron chi connectivity index (χ3n) is 2.04. The number of nitrogens with two attached hydrogens (primary N) is 1. The maximum Gasteiger partial charge on any atom is 0.0827 e. The number of hydrogen-bond acceptors (Lipinski definition) is 2. The van der Waals surface area contributed by atoms with E-state index in [1.54, 1.807) is 4.68 Å². The van der Waals surface area contributed by atoms with E-state index in [9.17, 15) is 0 Å². The van der Waals surface area contributed by atoms with Crippen molar-refractivity contribution in [1.29, 1.82) is 0 Å². The predicted molar refractivity (Wildman–Crippen MR) is 60.4 cm³/mol. The SMILES string of the molecule is Cc1nn(-c2ccccc2Br)cc1N. The quantitative estimate of drug-likeness (QED) is 0.847. The summed E-state index contributed by atoms with van der Waals surface area (Å²) in [4.78, 5) is 0. The van der Waals surface area contributed by atoms with Crippen molar-refractivity contribution in [3.8, 4) is 5.69 Å². The van der Waals surface area contributed by atoms with Gasteiger partial charge in [0.05, 0.1) is 23.3 Å². The minimum absolute atomic E-state index is 0.709. The summed E-state index contributed by atoms with van der Waals surface area (Å²) in [5, 5.41) is 4.30. The summed E-state index contributed by atoms with van der Waals surface area (Å²) < 4.78 is 2.77. The third kappa shape index (κ3) is 1.53. The first-order valence-electron chi connectivity index (χ1n) is 4.25. The molecule has 2 N–H and O–H groups in total. The number of nitrogen functional groups attached to an aromatic ring is 1. The highest BCUT2D eigenvalue weighted by atomic mass is 79.9. The van der Waals surface area contributed by atoms with E-state index in [0.717, 1.165) is 15.9 Å².